The smallest absolute Gasteiger partial charge is 0.142 e. The first kappa shape index (κ1) is 20.6. The molecule has 0 fully saturated rings. The van der Waals surface area contributed by atoms with Crippen LogP contribution in [0.2, 0.25) is 10.0 Å². The van der Waals surface area contributed by atoms with Gasteiger partial charge in [-0.1, -0.05) is 42.3 Å². The fourth-order valence-electron chi connectivity index (χ4n) is 3.41. The fraction of sp³-hybridized carbons (Fsp3) is 0.208. The number of nitrogens with zero attached hydrogens (tertiary/aromatic N) is 2. The van der Waals surface area contributed by atoms with Gasteiger partial charge in [0.25, 0.3) is 0 Å². The van der Waals surface area contributed by atoms with Gasteiger partial charge in [0.05, 0.1) is 29.8 Å². The molecule has 0 aliphatic heterocycles. The van der Waals surface area contributed by atoms with Crippen molar-refractivity contribution in [2.75, 3.05) is 13.7 Å². The largest absolute Gasteiger partial charge is 0.497 e. The van der Waals surface area contributed by atoms with Crippen molar-refractivity contribution in [3.8, 4) is 22.9 Å². The summed E-state index contributed by atoms with van der Waals surface area (Å²) in [7, 11) is 1.65. The zero-order valence-electron chi connectivity index (χ0n) is 16.9. The minimum Gasteiger partial charge on any atom is -0.497 e. The maximum Gasteiger partial charge on any atom is 0.142 e. The Morgan fingerprint density at radius 2 is 1.80 bits per heavy atom. The van der Waals surface area contributed by atoms with Crippen LogP contribution in [0.25, 0.3) is 22.4 Å². The average molecular weight is 441 g/mol. The fourth-order valence-corrected chi connectivity index (χ4v) is 3.87. The van der Waals surface area contributed by atoms with Crippen LogP contribution in [0.5, 0.6) is 11.5 Å². The van der Waals surface area contributed by atoms with Gasteiger partial charge < -0.3 is 14.0 Å². The zero-order chi connectivity index (χ0) is 21.1. The number of halogens is 2. The first-order chi connectivity index (χ1) is 14.6. The minimum atomic E-state index is 0.596. The van der Waals surface area contributed by atoms with Crippen molar-refractivity contribution in [1.29, 1.82) is 0 Å². The lowest BCUT2D eigenvalue weighted by Crippen LogP contribution is -2.03. The number of benzene rings is 3. The minimum absolute atomic E-state index is 0.596. The molecule has 0 N–H and O–H groups in total. The molecule has 0 aliphatic carbocycles. The Labute approximate surface area is 186 Å². The molecule has 1 aromatic heterocycles. The zero-order valence-corrected chi connectivity index (χ0v) is 18.4. The third-order valence-electron chi connectivity index (χ3n) is 4.84. The SMILES string of the molecule is CCCOc1ccc(-c2nc3cc(OC)ccc3n2Cc2cccc(Cl)c2)c(Cl)c1. The molecule has 0 amide bonds. The van der Waals surface area contributed by atoms with E-state index in [2.05, 4.69) is 11.5 Å². The molecule has 4 rings (SSSR count). The topological polar surface area (TPSA) is 36.3 Å². The highest BCUT2D eigenvalue weighted by Gasteiger charge is 2.17. The molecule has 4 aromatic rings. The summed E-state index contributed by atoms with van der Waals surface area (Å²) >= 11 is 12.9. The van der Waals surface area contributed by atoms with E-state index in [1.54, 1.807) is 7.11 Å². The van der Waals surface area contributed by atoms with E-state index in [1.807, 2.05) is 60.7 Å². The van der Waals surface area contributed by atoms with Gasteiger partial charge in [-0.3, -0.25) is 0 Å². The van der Waals surface area contributed by atoms with Crippen molar-refractivity contribution < 1.29 is 9.47 Å². The van der Waals surface area contributed by atoms with Gasteiger partial charge in [0.15, 0.2) is 0 Å². The Kier molecular flexibility index (Phi) is 6.16. The molecule has 0 aliphatic rings. The van der Waals surface area contributed by atoms with Gasteiger partial charge >= 0.3 is 0 Å². The Morgan fingerprint density at radius 3 is 2.53 bits per heavy atom. The second kappa shape index (κ2) is 8.99. The van der Waals surface area contributed by atoms with Gasteiger partial charge in [-0.25, -0.2) is 4.98 Å². The number of hydrogen-bond donors (Lipinski definition) is 0. The van der Waals surface area contributed by atoms with E-state index in [9.17, 15) is 0 Å². The Morgan fingerprint density at radius 1 is 0.967 bits per heavy atom. The van der Waals surface area contributed by atoms with E-state index >= 15 is 0 Å². The molecule has 0 unspecified atom stereocenters. The van der Waals surface area contributed by atoms with Crippen molar-refractivity contribution in [3.63, 3.8) is 0 Å². The molecule has 154 valence electrons. The maximum absolute atomic E-state index is 6.65. The monoisotopic (exact) mass is 440 g/mol. The summed E-state index contributed by atoms with van der Waals surface area (Å²) in [6.07, 6.45) is 0.941. The number of aromatic nitrogens is 2. The quantitative estimate of drug-likeness (QED) is 0.315. The Balaban J connectivity index is 1.83. The molecule has 30 heavy (non-hydrogen) atoms. The van der Waals surface area contributed by atoms with Gasteiger partial charge in [0, 0.05) is 23.2 Å². The summed E-state index contributed by atoms with van der Waals surface area (Å²) in [4.78, 5) is 4.89. The molecule has 0 atom stereocenters. The van der Waals surface area contributed by atoms with Gasteiger partial charge in [0.1, 0.15) is 17.3 Å². The lowest BCUT2D eigenvalue weighted by Gasteiger charge is -2.12. The van der Waals surface area contributed by atoms with Crippen molar-refractivity contribution in [2.45, 2.75) is 19.9 Å². The van der Waals surface area contributed by atoms with Crippen molar-refractivity contribution in [3.05, 3.63) is 76.3 Å². The third kappa shape index (κ3) is 4.25. The third-order valence-corrected chi connectivity index (χ3v) is 5.39. The molecule has 0 radical (unpaired) electrons. The molecule has 3 aromatic carbocycles. The number of methoxy groups -OCH3 is 1. The number of imidazole rings is 1. The van der Waals surface area contributed by atoms with E-state index in [4.69, 9.17) is 37.7 Å². The van der Waals surface area contributed by atoms with Crippen LogP contribution >= 0.6 is 23.2 Å². The van der Waals surface area contributed by atoms with Crippen LogP contribution in [-0.4, -0.2) is 23.3 Å². The first-order valence-electron chi connectivity index (χ1n) is 9.80. The average Bonchev–Trinajstić information content (AvgIpc) is 3.09. The normalized spacial score (nSPS) is 11.1. The van der Waals surface area contributed by atoms with Crippen LogP contribution in [0.1, 0.15) is 18.9 Å². The number of rotatable bonds is 7. The van der Waals surface area contributed by atoms with Crippen LogP contribution in [0.15, 0.2) is 60.7 Å². The Hall–Kier alpha value is -2.69. The summed E-state index contributed by atoms with van der Waals surface area (Å²) in [6.45, 7) is 3.34. The number of ether oxygens (including phenoxy) is 2. The summed E-state index contributed by atoms with van der Waals surface area (Å²) in [5.41, 5.74) is 3.76. The van der Waals surface area contributed by atoms with Gasteiger partial charge in [-0.15, -0.1) is 0 Å². The predicted octanol–water partition coefficient (Wildman–Crippen LogP) is 6.86. The standard InChI is InChI=1S/C24H22Cl2N2O2/c1-3-11-30-19-7-9-20(21(26)13-19)24-27-22-14-18(29-2)8-10-23(22)28(24)15-16-5-4-6-17(25)12-16/h4-10,12-14H,3,11,15H2,1-2H3. The second-order valence-corrected chi connectivity index (χ2v) is 7.84. The molecule has 1 heterocycles. The molecular weight excluding hydrogens is 419 g/mol. The van der Waals surface area contributed by atoms with Crippen molar-refractivity contribution in [2.24, 2.45) is 0 Å². The van der Waals surface area contributed by atoms with Crippen LogP contribution in [0.4, 0.5) is 0 Å². The van der Waals surface area contributed by atoms with E-state index in [1.165, 1.54) is 0 Å². The van der Waals surface area contributed by atoms with Crippen LogP contribution < -0.4 is 9.47 Å². The number of fused-ring (bicyclic) bond motifs is 1. The van der Waals surface area contributed by atoms with E-state index in [0.717, 1.165) is 45.9 Å². The molecule has 6 heteroatoms. The lowest BCUT2D eigenvalue weighted by atomic mass is 10.1. The highest BCUT2D eigenvalue weighted by molar-refractivity contribution is 6.33. The molecule has 0 spiro atoms. The lowest BCUT2D eigenvalue weighted by molar-refractivity contribution is 0.317. The van der Waals surface area contributed by atoms with Gasteiger partial charge in [-0.05, 0) is 54.4 Å². The Bertz CT molecular complexity index is 1190. The van der Waals surface area contributed by atoms with E-state index in [0.29, 0.717) is 23.2 Å². The van der Waals surface area contributed by atoms with Crippen LogP contribution in [0.3, 0.4) is 0 Å². The summed E-state index contributed by atoms with van der Waals surface area (Å²) in [5.74, 6) is 2.30. The number of hydrogen-bond acceptors (Lipinski definition) is 3. The molecular formula is C24H22Cl2N2O2. The molecule has 4 nitrogen and oxygen atoms in total. The highest BCUT2D eigenvalue weighted by atomic mass is 35.5. The van der Waals surface area contributed by atoms with Crippen molar-refractivity contribution in [1.82, 2.24) is 9.55 Å². The molecule has 0 bridgehead atoms. The molecule has 0 saturated heterocycles. The van der Waals surface area contributed by atoms with Crippen LogP contribution in [-0.2, 0) is 6.54 Å². The highest BCUT2D eigenvalue weighted by Crippen LogP contribution is 2.34. The maximum atomic E-state index is 6.65. The summed E-state index contributed by atoms with van der Waals surface area (Å²) in [6, 6.07) is 19.4. The van der Waals surface area contributed by atoms with E-state index < -0.39 is 0 Å². The molecule has 0 saturated carbocycles. The summed E-state index contributed by atoms with van der Waals surface area (Å²) < 4.78 is 13.2. The van der Waals surface area contributed by atoms with Gasteiger partial charge in [-0.2, -0.15) is 0 Å². The van der Waals surface area contributed by atoms with Gasteiger partial charge in [0.2, 0.25) is 0 Å². The first-order valence-corrected chi connectivity index (χ1v) is 10.6. The summed E-state index contributed by atoms with van der Waals surface area (Å²) in [5, 5.41) is 1.30. The predicted molar refractivity (Wildman–Crippen MR) is 123 cm³/mol. The van der Waals surface area contributed by atoms with E-state index in [-0.39, 0.29) is 0 Å². The van der Waals surface area contributed by atoms with Crippen LogP contribution in [0, 0.1) is 0 Å². The van der Waals surface area contributed by atoms with Crippen molar-refractivity contribution >= 4 is 34.2 Å². The second-order valence-electron chi connectivity index (χ2n) is 7.00.